The van der Waals surface area contributed by atoms with Gasteiger partial charge in [-0.15, -0.1) is 0 Å². The summed E-state index contributed by atoms with van der Waals surface area (Å²) in [6, 6.07) is 9.40. The second-order valence-corrected chi connectivity index (χ2v) is 5.67. The lowest BCUT2D eigenvalue weighted by Crippen LogP contribution is -2.28. The van der Waals surface area contributed by atoms with Crippen molar-refractivity contribution in [1.29, 1.82) is 0 Å². The van der Waals surface area contributed by atoms with Crippen LogP contribution in [-0.2, 0) is 13.1 Å². The average molecular weight is 345 g/mol. The van der Waals surface area contributed by atoms with Gasteiger partial charge in [-0.3, -0.25) is 4.79 Å². The van der Waals surface area contributed by atoms with E-state index in [0.717, 1.165) is 30.9 Å². The summed E-state index contributed by atoms with van der Waals surface area (Å²) in [5.74, 6) is 1.19. The summed E-state index contributed by atoms with van der Waals surface area (Å²) in [7, 11) is 0. The largest absolute Gasteiger partial charge is 0.492 e. The molecule has 0 aliphatic carbocycles. The van der Waals surface area contributed by atoms with E-state index in [1.165, 1.54) is 6.26 Å². The number of hydrogen-bond donors (Lipinski definition) is 2. The monoisotopic (exact) mass is 345 g/mol. The van der Waals surface area contributed by atoms with Crippen molar-refractivity contribution in [1.82, 2.24) is 10.2 Å². The minimum absolute atomic E-state index is 0.193. The molecule has 0 aliphatic rings. The van der Waals surface area contributed by atoms with Crippen molar-refractivity contribution in [3.05, 3.63) is 53.5 Å². The zero-order chi connectivity index (χ0) is 18.1. The van der Waals surface area contributed by atoms with Crippen LogP contribution in [0.15, 0.2) is 41.0 Å². The maximum Gasteiger partial charge on any atom is 0.254 e. The number of furan rings is 1. The minimum Gasteiger partial charge on any atom is -0.492 e. The van der Waals surface area contributed by atoms with E-state index in [0.29, 0.717) is 24.5 Å². The highest BCUT2D eigenvalue weighted by atomic mass is 16.5. The van der Waals surface area contributed by atoms with E-state index in [2.05, 4.69) is 24.1 Å². The molecule has 0 spiro atoms. The lowest BCUT2D eigenvalue weighted by molar-refractivity contribution is 0.0950. The molecule has 1 aromatic carbocycles. The van der Waals surface area contributed by atoms with Gasteiger partial charge < -0.3 is 25.1 Å². The van der Waals surface area contributed by atoms with Gasteiger partial charge >= 0.3 is 0 Å². The Morgan fingerprint density at radius 2 is 2.04 bits per heavy atom. The summed E-state index contributed by atoms with van der Waals surface area (Å²) >= 11 is 0. The molecule has 6 nitrogen and oxygen atoms in total. The number of ether oxygens (including phenoxy) is 1. The summed E-state index contributed by atoms with van der Waals surface area (Å²) in [5, 5.41) is 2.88. The third kappa shape index (κ3) is 5.62. The number of para-hydroxylation sites is 1. The number of nitrogens with zero attached hydrogens (tertiary/aromatic N) is 1. The molecule has 25 heavy (non-hydrogen) atoms. The van der Waals surface area contributed by atoms with Gasteiger partial charge in [0.05, 0.1) is 12.1 Å². The Morgan fingerprint density at radius 3 is 2.72 bits per heavy atom. The highest BCUT2D eigenvalue weighted by Crippen LogP contribution is 2.18. The van der Waals surface area contributed by atoms with E-state index >= 15 is 0 Å². The Hall–Kier alpha value is -2.31. The summed E-state index contributed by atoms with van der Waals surface area (Å²) in [6.45, 7) is 8.46. The van der Waals surface area contributed by atoms with E-state index in [1.54, 1.807) is 6.07 Å². The molecule has 0 fully saturated rings. The summed E-state index contributed by atoms with van der Waals surface area (Å²) in [6.07, 6.45) is 1.42. The van der Waals surface area contributed by atoms with Gasteiger partial charge in [0.1, 0.15) is 24.4 Å². The molecule has 1 aromatic heterocycles. The topological polar surface area (TPSA) is 80.7 Å². The smallest absolute Gasteiger partial charge is 0.254 e. The first-order valence-corrected chi connectivity index (χ1v) is 8.66. The van der Waals surface area contributed by atoms with Gasteiger partial charge in [0, 0.05) is 18.7 Å². The number of nitrogens with two attached hydrogens (primary N) is 1. The van der Waals surface area contributed by atoms with Crippen LogP contribution in [0, 0.1) is 0 Å². The molecule has 0 saturated carbocycles. The predicted molar refractivity (Wildman–Crippen MR) is 97.5 cm³/mol. The Bertz CT molecular complexity index is 665. The molecule has 0 saturated heterocycles. The highest BCUT2D eigenvalue weighted by Gasteiger charge is 2.11. The van der Waals surface area contributed by atoms with Crippen molar-refractivity contribution in [3.8, 4) is 5.75 Å². The van der Waals surface area contributed by atoms with E-state index in [9.17, 15) is 4.79 Å². The van der Waals surface area contributed by atoms with Gasteiger partial charge in [-0.1, -0.05) is 32.0 Å². The number of amides is 1. The molecule has 2 rings (SSSR count). The maximum atomic E-state index is 12.2. The number of carbonyl (C=O) groups is 1. The van der Waals surface area contributed by atoms with Crippen LogP contribution in [0.1, 0.15) is 35.5 Å². The molecule has 0 radical (unpaired) electrons. The molecule has 2 aromatic rings. The van der Waals surface area contributed by atoms with E-state index < -0.39 is 0 Å². The lowest BCUT2D eigenvalue weighted by Gasteiger charge is -2.19. The molecule has 1 amide bonds. The van der Waals surface area contributed by atoms with Gasteiger partial charge in [-0.25, -0.2) is 0 Å². The fraction of sp³-hybridized carbons (Fsp3) is 0.421. The first-order valence-electron chi connectivity index (χ1n) is 8.66. The van der Waals surface area contributed by atoms with Crippen molar-refractivity contribution in [3.63, 3.8) is 0 Å². The van der Waals surface area contributed by atoms with Crippen LogP contribution in [-0.4, -0.2) is 37.0 Å². The van der Waals surface area contributed by atoms with Crippen molar-refractivity contribution in [2.75, 3.05) is 26.2 Å². The third-order valence-electron chi connectivity index (χ3n) is 4.09. The first kappa shape index (κ1) is 19.0. The Balaban J connectivity index is 1.90. The predicted octanol–water partition coefficient (Wildman–Crippen LogP) is 2.39. The number of benzene rings is 1. The fourth-order valence-corrected chi connectivity index (χ4v) is 2.50. The van der Waals surface area contributed by atoms with Gasteiger partial charge in [-0.2, -0.15) is 0 Å². The molecule has 0 unspecified atom stereocenters. The Kier molecular flexibility index (Phi) is 7.50. The van der Waals surface area contributed by atoms with Gasteiger partial charge in [-0.05, 0) is 25.2 Å². The second-order valence-electron chi connectivity index (χ2n) is 5.67. The van der Waals surface area contributed by atoms with Crippen LogP contribution in [0.3, 0.4) is 0 Å². The number of nitrogens with one attached hydrogen (secondary N) is 1. The SMILES string of the molecule is CCN(CC)CCOc1ccccc1CNC(=O)c1coc(CN)c1. The quantitative estimate of drug-likeness (QED) is 0.691. The van der Waals surface area contributed by atoms with Crippen LogP contribution in [0.5, 0.6) is 5.75 Å². The van der Waals surface area contributed by atoms with Gasteiger partial charge in [0.25, 0.3) is 5.91 Å². The normalized spacial score (nSPS) is 10.9. The molecule has 0 atom stereocenters. The molecular weight excluding hydrogens is 318 g/mol. The van der Waals surface area contributed by atoms with Crippen molar-refractivity contribution < 1.29 is 13.9 Å². The molecule has 1 heterocycles. The molecule has 0 aliphatic heterocycles. The maximum absolute atomic E-state index is 12.2. The van der Waals surface area contributed by atoms with Gasteiger partial charge in [0.2, 0.25) is 0 Å². The highest BCUT2D eigenvalue weighted by molar-refractivity contribution is 5.93. The molecule has 136 valence electrons. The van der Waals surface area contributed by atoms with E-state index in [-0.39, 0.29) is 12.5 Å². The summed E-state index contributed by atoms with van der Waals surface area (Å²) in [4.78, 5) is 14.5. The first-order chi connectivity index (χ1) is 12.2. The Morgan fingerprint density at radius 1 is 1.28 bits per heavy atom. The lowest BCUT2D eigenvalue weighted by atomic mass is 10.2. The molecule has 3 N–H and O–H groups in total. The van der Waals surface area contributed by atoms with Crippen LogP contribution in [0.2, 0.25) is 0 Å². The van der Waals surface area contributed by atoms with Gasteiger partial charge in [0.15, 0.2) is 0 Å². The zero-order valence-electron chi connectivity index (χ0n) is 15.0. The molecule has 0 bridgehead atoms. The standard InChI is InChI=1S/C19H27N3O3/c1-3-22(4-2)9-10-24-18-8-6-5-7-15(18)13-21-19(23)16-11-17(12-20)25-14-16/h5-8,11,14H,3-4,9-10,12-13,20H2,1-2H3,(H,21,23). The molecular formula is C19H27N3O3. The summed E-state index contributed by atoms with van der Waals surface area (Å²) < 4.78 is 11.1. The third-order valence-corrected chi connectivity index (χ3v) is 4.09. The van der Waals surface area contributed by atoms with Crippen molar-refractivity contribution in [2.45, 2.75) is 26.9 Å². The van der Waals surface area contributed by atoms with Crippen molar-refractivity contribution >= 4 is 5.91 Å². The number of rotatable bonds is 10. The Labute approximate surface area is 148 Å². The second kappa shape index (κ2) is 9.86. The zero-order valence-corrected chi connectivity index (χ0v) is 15.0. The van der Waals surface area contributed by atoms with E-state index in [1.807, 2.05) is 24.3 Å². The van der Waals surface area contributed by atoms with Crippen LogP contribution in [0.4, 0.5) is 0 Å². The summed E-state index contributed by atoms with van der Waals surface area (Å²) in [5.41, 5.74) is 6.91. The average Bonchev–Trinajstić information content (AvgIpc) is 3.13. The van der Waals surface area contributed by atoms with Crippen molar-refractivity contribution in [2.24, 2.45) is 5.73 Å². The number of likely N-dealkylation sites (N-methyl/N-ethyl adjacent to an activating group) is 1. The van der Waals surface area contributed by atoms with Crippen LogP contribution >= 0.6 is 0 Å². The number of hydrogen-bond acceptors (Lipinski definition) is 5. The molecule has 6 heteroatoms. The number of carbonyl (C=O) groups excluding carboxylic acids is 1. The van der Waals surface area contributed by atoms with Crippen LogP contribution in [0.25, 0.3) is 0 Å². The minimum atomic E-state index is -0.193. The fourth-order valence-electron chi connectivity index (χ4n) is 2.50. The van der Waals surface area contributed by atoms with Crippen LogP contribution < -0.4 is 15.8 Å². The van der Waals surface area contributed by atoms with E-state index in [4.69, 9.17) is 14.9 Å².